The van der Waals surface area contributed by atoms with Crippen LogP contribution in [0.4, 0.5) is 5.69 Å². The second-order valence-corrected chi connectivity index (χ2v) is 6.60. The fourth-order valence-corrected chi connectivity index (χ4v) is 3.54. The van der Waals surface area contributed by atoms with Crippen LogP contribution in [0, 0.1) is 0 Å². The zero-order valence-electron chi connectivity index (χ0n) is 12.3. The highest BCUT2D eigenvalue weighted by Crippen LogP contribution is 2.27. The highest BCUT2D eigenvalue weighted by Gasteiger charge is 2.24. The van der Waals surface area contributed by atoms with Crippen LogP contribution in [0.1, 0.15) is 32.6 Å². The Morgan fingerprint density at radius 1 is 1.30 bits per heavy atom. The number of thioether (sulfide) groups is 1. The lowest BCUT2D eigenvalue weighted by Crippen LogP contribution is -2.46. The normalized spacial score (nSPS) is 24.1. The van der Waals surface area contributed by atoms with Crippen molar-refractivity contribution in [1.82, 2.24) is 5.32 Å². The van der Waals surface area contributed by atoms with E-state index in [1.807, 2.05) is 49.0 Å². The Bertz CT molecular complexity index is 424. The minimum atomic E-state index is -0.152. The average Bonchev–Trinajstić information content (AvgIpc) is 2.48. The van der Waals surface area contributed by atoms with Crippen LogP contribution in [0.3, 0.4) is 0 Å². The van der Waals surface area contributed by atoms with Crippen molar-refractivity contribution in [3.05, 3.63) is 30.3 Å². The van der Waals surface area contributed by atoms with Gasteiger partial charge in [0, 0.05) is 17.0 Å². The van der Waals surface area contributed by atoms with Gasteiger partial charge in [-0.3, -0.25) is 4.79 Å². The van der Waals surface area contributed by atoms with Crippen LogP contribution in [-0.4, -0.2) is 29.5 Å². The SMILES string of the molecule is CSC1CCCC(NC(C)C(=O)Nc2ccccc2)C1. The van der Waals surface area contributed by atoms with E-state index in [0.29, 0.717) is 6.04 Å². The van der Waals surface area contributed by atoms with Gasteiger partial charge < -0.3 is 10.6 Å². The first-order valence-electron chi connectivity index (χ1n) is 7.34. The predicted molar refractivity (Wildman–Crippen MR) is 87.2 cm³/mol. The summed E-state index contributed by atoms with van der Waals surface area (Å²) >= 11 is 1.95. The van der Waals surface area contributed by atoms with Crippen molar-refractivity contribution < 1.29 is 4.79 Å². The van der Waals surface area contributed by atoms with Crippen molar-refractivity contribution in [2.45, 2.75) is 49.9 Å². The van der Waals surface area contributed by atoms with Gasteiger partial charge in [0.2, 0.25) is 5.91 Å². The molecule has 4 heteroatoms. The summed E-state index contributed by atoms with van der Waals surface area (Å²) in [6.07, 6.45) is 7.10. The third-order valence-corrected chi connectivity index (χ3v) is 4.97. The summed E-state index contributed by atoms with van der Waals surface area (Å²) in [5, 5.41) is 7.17. The Kier molecular flexibility index (Phi) is 5.92. The van der Waals surface area contributed by atoms with E-state index in [4.69, 9.17) is 0 Å². The molecular weight excluding hydrogens is 268 g/mol. The van der Waals surface area contributed by atoms with Crippen molar-refractivity contribution in [3.63, 3.8) is 0 Å². The molecule has 3 unspecified atom stereocenters. The van der Waals surface area contributed by atoms with Crippen molar-refractivity contribution in [2.24, 2.45) is 0 Å². The summed E-state index contributed by atoms with van der Waals surface area (Å²) in [4.78, 5) is 12.2. The van der Waals surface area contributed by atoms with Gasteiger partial charge in [-0.25, -0.2) is 0 Å². The lowest BCUT2D eigenvalue weighted by atomic mass is 9.94. The number of hydrogen-bond acceptors (Lipinski definition) is 3. The van der Waals surface area contributed by atoms with Crippen LogP contribution in [0.5, 0.6) is 0 Å². The standard InChI is InChI=1S/C16H24N2OS/c1-12(16(19)18-13-7-4-3-5-8-13)17-14-9-6-10-15(11-14)20-2/h3-5,7-8,12,14-15,17H,6,9-11H2,1-2H3,(H,18,19). The molecule has 110 valence electrons. The topological polar surface area (TPSA) is 41.1 Å². The highest BCUT2D eigenvalue weighted by molar-refractivity contribution is 7.99. The largest absolute Gasteiger partial charge is 0.325 e. The summed E-state index contributed by atoms with van der Waals surface area (Å²) in [6.45, 7) is 1.95. The maximum atomic E-state index is 12.2. The van der Waals surface area contributed by atoms with Crippen LogP contribution in [-0.2, 0) is 4.79 Å². The van der Waals surface area contributed by atoms with Crippen LogP contribution in [0.15, 0.2) is 30.3 Å². The minimum Gasteiger partial charge on any atom is -0.325 e. The Balaban J connectivity index is 1.81. The lowest BCUT2D eigenvalue weighted by molar-refractivity contribution is -0.118. The van der Waals surface area contributed by atoms with E-state index >= 15 is 0 Å². The van der Waals surface area contributed by atoms with Gasteiger partial charge in [-0.05, 0) is 44.6 Å². The van der Waals surface area contributed by atoms with Gasteiger partial charge in [0.05, 0.1) is 6.04 Å². The van der Waals surface area contributed by atoms with Crippen molar-refractivity contribution >= 4 is 23.4 Å². The second kappa shape index (κ2) is 7.70. The molecule has 3 atom stereocenters. The predicted octanol–water partition coefficient (Wildman–Crippen LogP) is 3.28. The summed E-state index contributed by atoms with van der Waals surface area (Å²) in [5.74, 6) is 0.0440. The maximum absolute atomic E-state index is 12.2. The highest BCUT2D eigenvalue weighted by atomic mass is 32.2. The zero-order chi connectivity index (χ0) is 14.4. The summed E-state index contributed by atoms with van der Waals surface area (Å²) in [7, 11) is 0. The number of anilines is 1. The van der Waals surface area contributed by atoms with Crippen molar-refractivity contribution in [3.8, 4) is 0 Å². The number of nitrogens with one attached hydrogen (secondary N) is 2. The molecule has 3 nitrogen and oxygen atoms in total. The third-order valence-electron chi connectivity index (χ3n) is 3.88. The fourth-order valence-electron chi connectivity index (χ4n) is 2.71. The molecule has 0 spiro atoms. The molecule has 1 aliphatic carbocycles. The van der Waals surface area contributed by atoms with Crippen LogP contribution < -0.4 is 10.6 Å². The van der Waals surface area contributed by atoms with Gasteiger partial charge in [-0.2, -0.15) is 11.8 Å². The molecule has 0 heterocycles. The second-order valence-electron chi connectivity index (χ2n) is 5.46. The minimum absolute atomic E-state index is 0.0440. The molecule has 0 aromatic heterocycles. The van der Waals surface area contributed by atoms with Crippen LogP contribution in [0.25, 0.3) is 0 Å². The number of benzene rings is 1. The van der Waals surface area contributed by atoms with Gasteiger partial charge in [0.25, 0.3) is 0 Å². The zero-order valence-corrected chi connectivity index (χ0v) is 13.1. The third kappa shape index (κ3) is 4.53. The number of amides is 1. The molecule has 1 amide bonds. The molecule has 2 rings (SSSR count). The van der Waals surface area contributed by atoms with Crippen LogP contribution in [0.2, 0.25) is 0 Å². The van der Waals surface area contributed by atoms with E-state index in [-0.39, 0.29) is 11.9 Å². The van der Waals surface area contributed by atoms with E-state index in [9.17, 15) is 4.79 Å². The molecular formula is C16H24N2OS. The molecule has 2 N–H and O–H groups in total. The van der Waals surface area contributed by atoms with Gasteiger partial charge in [0.15, 0.2) is 0 Å². The molecule has 0 saturated heterocycles. The Morgan fingerprint density at radius 2 is 2.05 bits per heavy atom. The van der Waals surface area contributed by atoms with Crippen molar-refractivity contribution in [2.75, 3.05) is 11.6 Å². The fraction of sp³-hybridized carbons (Fsp3) is 0.562. The number of para-hydroxylation sites is 1. The van der Waals surface area contributed by atoms with Crippen molar-refractivity contribution in [1.29, 1.82) is 0 Å². The summed E-state index contributed by atoms with van der Waals surface area (Å²) < 4.78 is 0. The molecule has 1 aliphatic rings. The van der Waals surface area contributed by atoms with Gasteiger partial charge >= 0.3 is 0 Å². The van der Waals surface area contributed by atoms with Gasteiger partial charge in [0.1, 0.15) is 0 Å². The number of carbonyl (C=O) groups excluding carboxylic acids is 1. The molecule has 1 aromatic carbocycles. The van der Waals surface area contributed by atoms with E-state index in [0.717, 1.165) is 10.9 Å². The quantitative estimate of drug-likeness (QED) is 0.875. The van der Waals surface area contributed by atoms with E-state index < -0.39 is 0 Å². The molecule has 20 heavy (non-hydrogen) atoms. The molecule has 0 aliphatic heterocycles. The molecule has 1 saturated carbocycles. The average molecular weight is 292 g/mol. The van der Waals surface area contributed by atoms with Gasteiger partial charge in [-0.1, -0.05) is 24.6 Å². The maximum Gasteiger partial charge on any atom is 0.241 e. The van der Waals surface area contributed by atoms with E-state index in [1.165, 1.54) is 25.7 Å². The summed E-state index contributed by atoms with van der Waals surface area (Å²) in [6, 6.07) is 9.94. The molecule has 1 fully saturated rings. The molecule has 1 aromatic rings. The number of carbonyl (C=O) groups is 1. The Hall–Kier alpha value is -1.00. The smallest absolute Gasteiger partial charge is 0.241 e. The Labute approximate surface area is 125 Å². The van der Waals surface area contributed by atoms with E-state index in [1.54, 1.807) is 0 Å². The monoisotopic (exact) mass is 292 g/mol. The Morgan fingerprint density at radius 3 is 2.75 bits per heavy atom. The molecule has 0 bridgehead atoms. The lowest BCUT2D eigenvalue weighted by Gasteiger charge is -2.30. The number of hydrogen-bond donors (Lipinski definition) is 2. The number of rotatable bonds is 5. The first kappa shape index (κ1) is 15.4. The first-order chi connectivity index (χ1) is 9.69. The van der Waals surface area contributed by atoms with Crippen LogP contribution >= 0.6 is 11.8 Å². The molecule has 0 radical (unpaired) electrons. The first-order valence-corrected chi connectivity index (χ1v) is 8.62. The van der Waals surface area contributed by atoms with E-state index in [2.05, 4.69) is 16.9 Å². The summed E-state index contributed by atoms with van der Waals surface area (Å²) in [5.41, 5.74) is 0.858. The van der Waals surface area contributed by atoms with Gasteiger partial charge in [-0.15, -0.1) is 0 Å².